The summed E-state index contributed by atoms with van der Waals surface area (Å²) in [5, 5.41) is 11.6. The molecule has 1 N–H and O–H groups in total. The lowest BCUT2D eigenvalue weighted by atomic mass is 9.45. The summed E-state index contributed by atoms with van der Waals surface area (Å²) in [4.78, 5) is 38.9. The summed E-state index contributed by atoms with van der Waals surface area (Å²) in [6, 6.07) is 0. The molecule has 0 aromatic carbocycles. The normalized spacial score (nSPS) is 45.4. The molecule has 5 rings (SSSR count). The highest BCUT2D eigenvalue weighted by Gasteiger charge is 2.78. The molecular formula is C31H41F3O7. The van der Waals surface area contributed by atoms with Crippen LogP contribution in [0.2, 0.25) is 0 Å². The predicted molar refractivity (Wildman–Crippen MR) is 141 cm³/mol. The maximum Gasteiger partial charge on any atom is 0.509 e. The molecule has 7 nitrogen and oxygen atoms in total. The van der Waals surface area contributed by atoms with Crippen LogP contribution in [0.15, 0.2) is 23.6 Å². The highest BCUT2D eigenvalue weighted by molar-refractivity contribution is 5.93. The van der Waals surface area contributed by atoms with Gasteiger partial charge in [0.15, 0.2) is 11.5 Å². The van der Waals surface area contributed by atoms with Crippen molar-refractivity contribution in [3.05, 3.63) is 23.6 Å². The number of esters is 1. The lowest BCUT2D eigenvalue weighted by Crippen LogP contribution is -2.70. The number of rotatable bonds is 5. The number of hydrogen-bond donors (Lipinski definition) is 1. The van der Waals surface area contributed by atoms with E-state index < -0.39 is 76.9 Å². The Bertz CT molecular complexity index is 1160. The molecule has 0 heterocycles. The summed E-state index contributed by atoms with van der Waals surface area (Å²) < 4.78 is 62.9. The zero-order chi connectivity index (χ0) is 30.0. The van der Waals surface area contributed by atoms with E-state index in [4.69, 9.17) is 14.2 Å². The first-order valence-electron chi connectivity index (χ1n) is 14.9. The number of alkyl halides is 2. The van der Waals surface area contributed by atoms with Crippen LogP contribution in [0.4, 0.5) is 18.0 Å². The van der Waals surface area contributed by atoms with Gasteiger partial charge >= 0.3 is 12.1 Å². The van der Waals surface area contributed by atoms with E-state index in [0.717, 1.165) is 19.3 Å². The molecule has 0 aromatic rings. The summed E-state index contributed by atoms with van der Waals surface area (Å²) in [6.07, 6.45) is 2.64. The minimum atomic E-state index is -2.36. The summed E-state index contributed by atoms with van der Waals surface area (Å²) in [5.74, 6) is -4.18. The van der Waals surface area contributed by atoms with E-state index in [1.54, 1.807) is 13.8 Å². The van der Waals surface area contributed by atoms with Gasteiger partial charge in [-0.2, -0.15) is 0 Å². The van der Waals surface area contributed by atoms with Crippen LogP contribution < -0.4 is 0 Å². The zero-order valence-electron chi connectivity index (χ0n) is 24.2. The summed E-state index contributed by atoms with van der Waals surface area (Å²) in [6.45, 7) is 5.37. The van der Waals surface area contributed by atoms with Crippen molar-refractivity contribution >= 4 is 17.9 Å². The number of carbonyl (C=O) groups is 3. The molecule has 0 spiro atoms. The summed E-state index contributed by atoms with van der Waals surface area (Å²) in [5.41, 5.74) is -7.45. The van der Waals surface area contributed by atoms with Crippen molar-refractivity contribution in [2.45, 2.75) is 109 Å². The molecule has 0 radical (unpaired) electrons. The van der Waals surface area contributed by atoms with Crippen LogP contribution in [-0.4, -0.2) is 53.4 Å². The number of allylic oxidation sites excluding steroid dienone is 4. The van der Waals surface area contributed by atoms with Gasteiger partial charge in [-0.1, -0.05) is 33.3 Å². The number of aliphatic hydroxyl groups is 1. The Kier molecular flexibility index (Phi) is 7.65. The Balaban J connectivity index is 1.51. The SMILES string of the molecule is CCC1CCC(OC(=O)O[C@]2(C(=O)OCF)[C@H](C)C[C@H]3[C@@H]4CC(F)=C5CC(=O)C=C[C@]5(C)[C@@]4(F)[C@@H](O)C[C@@]32C)CC1. The highest BCUT2D eigenvalue weighted by atomic mass is 19.1. The van der Waals surface area contributed by atoms with Crippen LogP contribution in [-0.2, 0) is 23.8 Å². The second-order valence-electron chi connectivity index (χ2n) is 13.3. The van der Waals surface area contributed by atoms with Gasteiger partial charge in [0.05, 0.1) is 6.10 Å². The Morgan fingerprint density at radius 1 is 1.15 bits per heavy atom. The van der Waals surface area contributed by atoms with Crippen LogP contribution in [0.5, 0.6) is 0 Å². The molecular weight excluding hydrogens is 541 g/mol. The van der Waals surface area contributed by atoms with Gasteiger partial charge in [0, 0.05) is 35.5 Å². The molecule has 0 bridgehead atoms. The molecule has 10 heteroatoms. The maximum absolute atomic E-state index is 17.5. The van der Waals surface area contributed by atoms with Crippen molar-refractivity contribution in [2.75, 3.05) is 6.86 Å². The minimum absolute atomic E-state index is 0.0261. The predicted octanol–water partition coefficient (Wildman–Crippen LogP) is 6.23. The molecule has 3 fully saturated rings. The Morgan fingerprint density at radius 3 is 2.46 bits per heavy atom. The molecule has 8 atom stereocenters. The van der Waals surface area contributed by atoms with Crippen molar-refractivity contribution in [3.8, 4) is 0 Å². The average molecular weight is 583 g/mol. The number of hydrogen-bond acceptors (Lipinski definition) is 7. The second kappa shape index (κ2) is 10.4. The van der Waals surface area contributed by atoms with Crippen molar-refractivity contribution in [1.29, 1.82) is 0 Å². The largest absolute Gasteiger partial charge is 0.509 e. The van der Waals surface area contributed by atoms with Crippen LogP contribution in [0.3, 0.4) is 0 Å². The third kappa shape index (κ3) is 4.20. The van der Waals surface area contributed by atoms with E-state index in [1.165, 1.54) is 19.1 Å². The molecule has 0 aliphatic heterocycles. The highest BCUT2D eigenvalue weighted by Crippen LogP contribution is 2.71. The van der Waals surface area contributed by atoms with Gasteiger partial charge in [-0.25, -0.2) is 22.8 Å². The topological polar surface area (TPSA) is 99.1 Å². The Morgan fingerprint density at radius 2 is 1.83 bits per heavy atom. The monoisotopic (exact) mass is 582 g/mol. The fourth-order valence-corrected chi connectivity index (χ4v) is 9.30. The quantitative estimate of drug-likeness (QED) is 0.384. The van der Waals surface area contributed by atoms with Crippen LogP contribution in [0.25, 0.3) is 0 Å². The number of carbonyl (C=O) groups excluding carboxylic acids is 3. The number of fused-ring (bicyclic) bond motifs is 5. The average Bonchev–Trinajstić information content (AvgIpc) is 3.14. The molecule has 0 aromatic heterocycles. The smallest absolute Gasteiger partial charge is 0.431 e. The summed E-state index contributed by atoms with van der Waals surface area (Å²) >= 11 is 0. The Labute approximate surface area is 238 Å². The van der Waals surface area contributed by atoms with Crippen molar-refractivity contribution in [1.82, 2.24) is 0 Å². The fraction of sp³-hybridized carbons (Fsp3) is 0.774. The molecule has 41 heavy (non-hydrogen) atoms. The first-order valence-corrected chi connectivity index (χ1v) is 14.9. The number of halogens is 3. The van der Waals surface area contributed by atoms with E-state index in [9.17, 15) is 23.9 Å². The van der Waals surface area contributed by atoms with Gasteiger partial charge < -0.3 is 19.3 Å². The second-order valence-corrected chi connectivity index (χ2v) is 13.3. The van der Waals surface area contributed by atoms with Gasteiger partial charge in [0.25, 0.3) is 0 Å². The van der Waals surface area contributed by atoms with Crippen LogP contribution in [0, 0.1) is 34.5 Å². The first kappa shape index (κ1) is 30.1. The van der Waals surface area contributed by atoms with Crippen LogP contribution in [0.1, 0.15) is 85.5 Å². The van der Waals surface area contributed by atoms with E-state index in [2.05, 4.69) is 6.92 Å². The van der Waals surface area contributed by atoms with E-state index in [-0.39, 0.29) is 37.0 Å². The zero-order valence-corrected chi connectivity index (χ0v) is 24.2. The van der Waals surface area contributed by atoms with Crippen LogP contribution >= 0.6 is 0 Å². The molecule has 3 saturated carbocycles. The lowest BCUT2D eigenvalue weighted by Gasteiger charge is -2.62. The van der Waals surface area contributed by atoms with Gasteiger partial charge in [0.1, 0.15) is 11.9 Å². The molecule has 5 aliphatic rings. The van der Waals surface area contributed by atoms with E-state index >= 15 is 8.78 Å². The minimum Gasteiger partial charge on any atom is -0.431 e. The van der Waals surface area contributed by atoms with E-state index in [1.807, 2.05) is 0 Å². The summed E-state index contributed by atoms with van der Waals surface area (Å²) in [7, 11) is 0. The maximum atomic E-state index is 17.5. The van der Waals surface area contributed by atoms with E-state index in [0.29, 0.717) is 18.8 Å². The van der Waals surface area contributed by atoms with Gasteiger partial charge in [-0.05, 0) is 68.9 Å². The van der Waals surface area contributed by atoms with Crippen molar-refractivity contribution < 1.29 is 46.9 Å². The fourth-order valence-electron chi connectivity index (χ4n) is 9.30. The molecule has 0 unspecified atom stereocenters. The molecule has 0 saturated heterocycles. The third-order valence-corrected chi connectivity index (χ3v) is 11.6. The lowest BCUT2D eigenvalue weighted by molar-refractivity contribution is -0.231. The molecule has 228 valence electrons. The number of ketones is 1. The molecule has 5 aliphatic carbocycles. The van der Waals surface area contributed by atoms with Crippen molar-refractivity contribution in [2.24, 2.45) is 34.5 Å². The standard InChI is InChI=1S/C31H41F3O7/c1-5-18-6-8-20(9-7-18)40-27(38)41-31(26(37)39-16-32)17(2)12-21-22-14-24(33)23-13-19(35)10-11-28(23,3)30(22,34)25(36)15-29(21,31)4/h10-11,17-18,20-22,25,36H,5-9,12-16H2,1-4H3/t17-,18?,20?,21+,22+,25+,28+,29+,30+,31+/m1/s1. The molecule has 0 amide bonds. The first-order chi connectivity index (χ1) is 19.3. The number of ether oxygens (including phenoxy) is 3. The van der Waals surface area contributed by atoms with Gasteiger partial charge in [-0.15, -0.1) is 0 Å². The third-order valence-electron chi connectivity index (χ3n) is 11.6. The Hall–Kier alpha value is -2.36. The number of aliphatic hydroxyl groups excluding tert-OH is 1. The van der Waals surface area contributed by atoms with Crippen molar-refractivity contribution in [3.63, 3.8) is 0 Å². The van der Waals surface area contributed by atoms with Gasteiger partial charge in [-0.3, -0.25) is 4.79 Å². The van der Waals surface area contributed by atoms with Gasteiger partial charge in [0.2, 0.25) is 12.5 Å².